The van der Waals surface area contributed by atoms with Crippen molar-refractivity contribution in [3.63, 3.8) is 0 Å². The molecule has 2 heterocycles. The van der Waals surface area contributed by atoms with Gasteiger partial charge in [-0.2, -0.15) is 5.10 Å². The number of halogens is 1. The van der Waals surface area contributed by atoms with Gasteiger partial charge in [0, 0.05) is 16.6 Å². The molecule has 0 N–H and O–H groups in total. The number of nitrogens with zero attached hydrogens (tertiary/aromatic N) is 3. The van der Waals surface area contributed by atoms with Crippen LogP contribution in [0.2, 0.25) is 5.02 Å². The maximum absolute atomic E-state index is 5.98. The Morgan fingerprint density at radius 2 is 2.11 bits per heavy atom. The van der Waals surface area contributed by atoms with Gasteiger partial charge in [0.05, 0.1) is 29.2 Å². The van der Waals surface area contributed by atoms with Crippen molar-refractivity contribution in [3.8, 4) is 18.0 Å². The maximum Gasteiger partial charge on any atom is 0.0936 e. The molecule has 0 atom stereocenters. The van der Waals surface area contributed by atoms with Gasteiger partial charge in [0.15, 0.2) is 0 Å². The Bertz CT molecular complexity index is 768. The lowest BCUT2D eigenvalue weighted by atomic mass is 10.2. The van der Waals surface area contributed by atoms with E-state index in [4.69, 9.17) is 18.0 Å². The normalized spacial score (nSPS) is 10.4. The van der Waals surface area contributed by atoms with Crippen molar-refractivity contribution in [3.05, 3.63) is 53.4 Å². The van der Waals surface area contributed by atoms with Crippen molar-refractivity contribution < 1.29 is 0 Å². The predicted molar refractivity (Wildman–Crippen MR) is 71.8 cm³/mol. The minimum atomic E-state index is 0.664. The van der Waals surface area contributed by atoms with Gasteiger partial charge in [-0.05, 0) is 18.2 Å². The first-order chi connectivity index (χ1) is 8.79. The zero-order valence-corrected chi connectivity index (χ0v) is 10.1. The van der Waals surface area contributed by atoms with Gasteiger partial charge in [0.1, 0.15) is 0 Å². The van der Waals surface area contributed by atoms with Crippen molar-refractivity contribution in [2.45, 2.75) is 0 Å². The predicted octanol–water partition coefficient (Wildman–Crippen LogP) is 3.06. The molecule has 4 heteroatoms. The third-order valence-electron chi connectivity index (χ3n) is 2.71. The highest BCUT2D eigenvalue weighted by Gasteiger charge is 2.08. The van der Waals surface area contributed by atoms with E-state index in [9.17, 15) is 0 Å². The minimum absolute atomic E-state index is 0.664. The Balaban J connectivity index is 2.29. The van der Waals surface area contributed by atoms with Gasteiger partial charge in [0.2, 0.25) is 0 Å². The zero-order valence-electron chi connectivity index (χ0n) is 9.34. The summed E-state index contributed by atoms with van der Waals surface area (Å²) in [7, 11) is 0. The fourth-order valence-corrected chi connectivity index (χ4v) is 2.05. The van der Waals surface area contributed by atoms with Crippen LogP contribution in [-0.2, 0) is 0 Å². The number of benzene rings is 1. The average Bonchev–Trinajstić information content (AvgIpc) is 2.82. The second-order valence-electron chi connectivity index (χ2n) is 3.80. The fraction of sp³-hybridized carbons (Fsp3) is 0. The van der Waals surface area contributed by atoms with Gasteiger partial charge in [0.25, 0.3) is 0 Å². The highest BCUT2D eigenvalue weighted by atomic mass is 35.5. The van der Waals surface area contributed by atoms with E-state index in [1.165, 1.54) is 0 Å². The van der Waals surface area contributed by atoms with Crippen LogP contribution in [0.3, 0.4) is 0 Å². The molecule has 0 radical (unpaired) electrons. The summed E-state index contributed by atoms with van der Waals surface area (Å²) < 4.78 is 1.77. The molecule has 0 aliphatic heterocycles. The first kappa shape index (κ1) is 10.8. The van der Waals surface area contributed by atoms with E-state index in [-0.39, 0.29) is 0 Å². The van der Waals surface area contributed by atoms with Crippen LogP contribution >= 0.6 is 11.6 Å². The largest absolute Gasteiger partial charge is 0.261 e. The molecular formula is C14H8ClN3. The molecule has 0 saturated heterocycles. The van der Waals surface area contributed by atoms with E-state index >= 15 is 0 Å². The summed E-state index contributed by atoms with van der Waals surface area (Å²) in [5.41, 5.74) is 2.49. The average molecular weight is 254 g/mol. The number of hydrogen-bond acceptors (Lipinski definition) is 2. The van der Waals surface area contributed by atoms with Gasteiger partial charge < -0.3 is 0 Å². The SMILES string of the molecule is C#Cc1cncc2c1cnn2-c1cccc(Cl)c1. The number of hydrogen-bond donors (Lipinski definition) is 0. The second kappa shape index (κ2) is 4.17. The van der Waals surface area contributed by atoms with Crippen molar-refractivity contribution in [1.29, 1.82) is 0 Å². The molecule has 18 heavy (non-hydrogen) atoms. The molecule has 0 saturated carbocycles. The summed E-state index contributed by atoms with van der Waals surface area (Å²) in [4.78, 5) is 4.13. The van der Waals surface area contributed by atoms with Crippen LogP contribution in [0.15, 0.2) is 42.9 Å². The molecule has 3 aromatic rings. The van der Waals surface area contributed by atoms with Crippen LogP contribution in [0.25, 0.3) is 16.6 Å². The van der Waals surface area contributed by atoms with E-state index in [2.05, 4.69) is 16.0 Å². The minimum Gasteiger partial charge on any atom is -0.261 e. The van der Waals surface area contributed by atoms with Gasteiger partial charge in [-0.3, -0.25) is 4.98 Å². The number of pyridine rings is 1. The van der Waals surface area contributed by atoms with Crippen LogP contribution < -0.4 is 0 Å². The molecule has 1 aromatic carbocycles. The topological polar surface area (TPSA) is 30.7 Å². The van der Waals surface area contributed by atoms with Crippen molar-refractivity contribution in [1.82, 2.24) is 14.8 Å². The molecule has 3 rings (SSSR count). The molecule has 0 fully saturated rings. The molecule has 0 amide bonds. The Labute approximate surface area is 109 Å². The first-order valence-electron chi connectivity index (χ1n) is 5.34. The van der Waals surface area contributed by atoms with Gasteiger partial charge in [-0.1, -0.05) is 23.6 Å². The van der Waals surface area contributed by atoms with Gasteiger partial charge in [-0.25, -0.2) is 4.68 Å². The molecule has 0 aliphatic carbocycles. The molecule has 3 nitrogen and oxygen atoms in total. The lowest BCUT2D eigenvalue weighted by Gasteiger charge is -2.03. The van der Waals surface area contributed by atoms with Gasteiger partial charge >= 0.3 is 0 Å². The van der Waals surface area contributed by atoms with E-state index in [0.29, 0.717) is 5.02 Å². The van der Waals surface area contributed by atoms with Crippen LogP contribution in [0.1, 0.15) is 5.56 Å². The smallest absolute Gasteiger partial charge is 0.0936 e. The van der Waals surface area contributed by atoms with E-state index in [1.54, 1.807) is 23.3 Å². The highest BCUT2D eigenvalue weighted by molar-refractivity contribution is 6.30. The third-order valence-corrected chi connectivity index (χ3v) is 2.94. The summed E-state index contributed by atoms with van der Waals surface area (Å²) in [6.07, 6.45) is 10.6. The van der Waals surface area contributed by atoms with Crippen LogP contribution in [0.4, 0.5) is 0 Å². The summed E-state index contributed by atoms with van der Waals surface area (Å²) in [6, 6.07) is 7.48. The quantitative estimate of drug-likeness (QED) is 0.624. The molecular weight excluding hydrogens is 246 g/mol. The number of aromatic nitrogens is 3. The Kier molecular flexibility index (Phi) is 2.51. The molecule has 0 unspecified atom stereocenters. The summed E-state index contributed by atoms with van der Waals surface area (Å²) >= 11 is 5.98. The number of terminal acetylenes is 1. The monoisotopic (exact) mass is 253 g/mol. The second-order valence-corrected chi connectivity index (χ2v) is 4.24. The summed E-state index contributed by atoms with van der Waals surface area (Å²) in [5, 5.41) is 5.91. The Morgan fingerprint density at radius 1 is 1.22 bits per heavy atom. The van der Waals surface area contributed by atoms with E-state index in [1.807, 2.05) is 24.3 Å². The third kappa shape index (κ3) is 1.64. The van der Waals surface area contributed by atoms with E-state index < -0.39 is 0 Å². The van der Waals surface area contributed by atoms with Crippen molar-refractivity contribution in [2.75, 3.05) is 0 Å². The zero-order chi connectivity index (χ0) is 12.5. The van der Waals surface area contributed by atoms with Crippen molar-refractivity contribution >= 4 is 22.5 Å². The summed E-state index contributed by atoms with van der Waals surface area (Å²) in [5.74, 6) is 2.60. The summed E-state index contributed by atoms with van der Waals surface area (Å²) in [6.45, 7) is 0. The van der Waals surface area contributed by atoms with Crippen LogP contribution in [0.5, 0.6) is 0 Å². The standard InChI is InChI=1S/C14H8ClN3/c1-2-10-7-16-9-14-13(10)8-17-18(14)12-5-3-4-11(15)6-12/h1,3-9H. The Morgan fingerprint density at radius 3 is 2.89 bits per heavy atom. The lowest BCUT2D eigenvalue weighted by Crippen LogP contribution is -1.96. The van der Waals surface area contributed by atoms with Crippen LogP contribution in [0, 0.1) is 12.3 Å². The molecule has 2 aromatic heterocycles. The van der Waals surface area contributed by atoms with E-state index in [0.717, 1.165) is 22.2 Å². The Hall–Kier alpha value is -2.31. The molecule has 0 aliphatic rings. The molecule has 86 valence electrons. The number of fused-ring (bicyclic) bond motifs is 1. The molecule has 0 spiro atoms. The first-order valence-corrected chi connectivity index (χ1v) is 5.71. The van der Waals surface area contributed by atoms with Gasteiger partial charge in [-0.15, -0.1) is 6.42 Å². The molecule has 0 bridgehead atoms. The highest BCUT2D eigenvalue weighted by Crippen LogP contribution is 2.21. The fourth-order valence-electron chi connectivity index (χ4n) is 1.87. The van der Waals surface area contributed by atoms with Crippen LogP contribution in [-0.4, -0.2) is 14.8 Å². The lowest BCUT2D eigenvalue weighted by molar-refractivity contribution is 0.908. The van der Waals surface area contributed by atoms with Crippen molar-refractivity contribution in [2.24, 2.45) is 0 Å². The maximum atomic E-state index is 5.98. The number of rotatable bonds is 1.